The Morgan fingerprint density at radius 1 is 0.971 bits per heavy atom. The number of aromatic amines is 1. The van der Waals surface area contributed by atoms with Crippen LogP contribution in [0.25, 0.3) is 10.9 Å². The molecule has 1 saturated heterocycles. The average molecular weight is 452 g/mol. The number of hydrogen-bond donors (Lipinski definition) is 1. The molecule has 6 heteroatoms. The summed E-state index contributed by atoms with van der Waals surface area (Å²) in [5.74, 6) is 0.518. The molecule has 2 aliphatic heterocycles. The van der Waals surface area contributed by atoms with Gasteiger partial charge in [0.2, 0.25) is 0 Å². The first kappa shape index (κ1) is 20.5. The standard InChI is InChI=1S/C28H25N3O3/c1-3-34-20-14-12-19(13-15-20)30-27(32)24-16-22-21-6-4-5-7-23(21)29-25(22)26(31(24)28(30)33)18-10-8-17(2)9-11-18/h4-15,24,26,29H,3,16H2,1-2H3. The van der Waals surface area contributed by atoms with Crippen LogP contribution in [-0.2, 0) is 11.2 Å². The van der Waals surface area contributed by atoms with Crippen molar-refractivity contribution in [3.05, 3.63) is 95.2 Å². The van der Waals surface area contributed by atoms with Gasteiger partial charge in [-0.15, -0.1) is 0 Å². The number of carbonyl (C=O) groups excluding carboxylic acids is 2. The number of fused-ring (bicyclic) bond motifs is 4. The lowest BCUT2D eigenvalue weighted by molar-refractivity contribution is -0.120. The number of anilines is 1. The van der Waals surface area contributed by atoms with E-state index in [1.54, 1.807) is 29.2 Å². The van der Waals surface area contributed by atoms with E-state index >= 15 is 0 Å². The molecule has 1 fully saturated rings. The summed E-state index contributed by atoms with van der Waals surface area (Å²) in [6, 6.07) is 22.2. The van der Waals surface area contributed by atoms with Gasteiger partial charge < -0.3 is 9.72 Å². The van der Waals surface area contributed by atoms with Crippen LogP contribution in [0, 0.1) is 6.92 Å². The summed E-state index contributed by atoms with van der Waals surface area (Å²) in [4.78, 5) is 34.1. The highest BCUT2D eigenvalue weighted by Crippen LogP contribution is 2.44. The van der Waals surface area contributed by atoms with Gasteiger partial charge in [0.15, 0.2) is 0 Å². The SMILES string of the molecule is CCOc1ccc(N2C(=O)C3Cc4c([nH]c5ccccc45)C(c4ccc(C)cc4)N3C2=O)cc1. The van der Waals surface area contributed by atoms with Crippen molar-refractivity contribution in [1.29, 1.82) is 0 Å². The lowest BCUT2D eigenvalue weighted by atomic mass is 9.88. The second-order valence-corrected chi connectivity index (χ2v) is 8.89. The van der Waals surface area contributed by atoms with Gasteiger partial charge in [0.05, 0.1) is 12.3 Å². The number of nitrogens with zero attached hydrogens (tertiary/aromatic N) is 2. The molecule has 0 radical (unpaired) electrons. The quantitative estimate of drug-likeness (QED) is 0.425. The Balaban J connectivity index is 1.48. The van der Waals surface area contributed by atoms with Crippen LogP contribution in [0.5, 0.6) is 5.75 Å². The fourth-order valence-corrected chi connectivity index (χ4v) is 5.27. The second kappa shape index (κ2) is 7.76. The topological polar surface area (TPSA) is 65.6 Å². The molecule has 4 aromatic rings. The minimum atomic E-state index is -0.558. The molecule has 1 N–H and O–H groups in total. The van der Waals surface area contributed by atoms with E-state index in [2.05, 4.69) is 23.2 Å². The summed E-state index contributed by atoms with van der Waals surface area (Å²) in [6.07, 6.45) is 0.486. The molecule has 6 rings (SSSR count). The van der Waals surface area contributed by atoms with Gasteiger partial charge in [0, 0.05) is 23.0 Å². The van der Waals surface area contributed by atoms with E-state index in [9.17, 15) is 9.59 Å². The Hall–Kier alpha value is -4.06. The summed E-state index contributed by atoms with van der Waals surface area (Å²) >= 11 is 0. The number of amides is 3. The van der Waals surface area contributed by atoms with Gasteiger partial charge in [-0.05, 0) is 55.3 Å². The molecule has 2 unspecified atom stereocenters. The number of ether oxygens (including phenoxy) is 1. The minimum Gasteiger partial charge on any atom is -0.494 e. The van der Waals surface area contributed by atoms with Crippen molar-refractivity contribution in [2.45, 2.75) is 32.4 Å². The molecular formula is C28H25N3O3. The normalized spacial score (nSPS) is 19.5. The van der Waals surface area contributed by atoms with Crippen molar-refractivity contribution in [2.75, 3.05) is 11.5 Å². The number of H-pyrrole nitrogens is 1. The van der Waals surface area contributed by atoms with E-state index in [-0.39, 0.29) is 18.0 Å². The summed E-state index contributed by atoms with van der Waals surface area (Å²) in [5, 5.41) is 1.11. The number of rotatable bonds is 4. The predicted molar refractivity (Wildman–Crippen MR) is 131 cm³/mol. The van der Waals surface area contributed by atoms with E-state index in [4.69, 9.17) is 4.74 Å². The maximum absolute atomic E-state index is 13.8. The molecule has 0 spiro atoms. The third kappa shape index (κ3) is 3.02. The maximum atomic E-state index is 13.8. The number of para-hydroxylation sites is 1. The molecule has 0 bridgehead atoms. The highest BCUT2D eigenvalue weighted by atomic mass is 16.5. The molecule has 0 aliphatic carbocycles. The largest absolute Gasteiger partial charge is 0.494 e. The highest BCUT2D eigenvalue weighted by molar-refractivity contribution is 6.22. The number of hydrogen-bond acceptors (Lipinski definition) is 3. The molecule has 1 aromatic heterocycles. The van der Waals surface area contributed by atoms with Crippen molar-refractivity contribution in [2.24, 2.45) is 0 Å². The number of urea groups is 1. The van der Waals surface area contributed by atoms with Gasteiger partial charge in [-0.3, -0.25) is 9.69 Å². The average Bonchev–Trinajstić information content (AvgIpc) is 3.34. The fraction of sp³-hybridized carbons (Fsp3) is 0.214. The lowest BCUT2D eigenvalue weighted by Gasteiger charge is -2.36. The van der Waals surface area contributed by atoms with Gasteiger partial charge >= 0.3 is 6.03 Å². The van der Waals surface area contributed by atoms with Gasteiger partial charge in [0.1, 0.15) is 17.8 Å². The highest BCUT2D eigenvalue weighted by Gasteiger charge is 2.53. The molecule has 0 saturated carbocycles. The zero-order valence-corrected chi connectivity index (χ0v) is 19.1. The predicted octanol–water partition coefficient (Wildman–Crippen LogP) is 5.36. The van der Waals surface area contributed by atoms with Crippen LogP contribution < -0.4 is 9.64 Å². The number of benzene rings is 3. The van der Waals surface area contributed by atoms with E-state index in [1.165, 1.54) is 4.90 Å². The summed E-state index contributed by atoms with van der Waals surface area (Å²) < 4.78 is 5.53. The molecule has 2 atom stereocenters. The van der Waals surface area contributed by atoms with Gasteiger partial charge in [-0.2, -0.15) is 0 Å². The molecule has 170 valence electrons. The first-order chi connectivity index (χ1) is 16.6. The van der Waals surface area contributed by atoms with Crippen LogP contribution in [0.4, 0.5) is 10.5 Å². The zero-order valence-electron chi connectivity index (χ0n) is 19.1. The number of nitrogens with one attached hydrogen (secondary N) is 1. The molecular weight excluding hydrogens is 426 g/mol. The molecule has 3 heterocycles. The zero-order chi connectivity index (χ0) is 23.4. The van der Waals surface area contributed by atoms with Crippen molar-refractivity contribution < 1.29 is 14.3 Å². The summed E-state index contributed by atoms with van der Waals surface area (Å²) in [5.41, 5.74) is 5.80. The third-order valence-corrected chi connectivity index (χ3v) is 6.85. The van der Waals surface area contributed by atoms with Gasteiger partial charge in [0.25, 0.3) is 5.91 Å². The monoisotopic (exact) mass is 451 g/mol. The van der Waals surface area contributed by atoms with E-state index in [0.717, 1.165) is 33.3 Å². The maximum Gasteiger partial charge on any atom is 0.332 e. The Morgan fingerprint density at radius 2 is 1.71 bits per heavy atom. The van der Waals surface area contributed by atoms with Gasteiger partial charge in [-0.1, -0.05) is 48.0 Å². The van der Waals surface area contributed by atoms with Gasteiger partial charge in [-0.25, -0.2) is 9.69 Å². The van der Waals surface area contributed by atoms with Crippen LogP contribution in [0.3, 0.4) is 0 Å². The molecule has 3 amide bonds. The van der Waals surface area contributed by atoms with Crippen LogP contribution in [0.15, 0.2) is 72.8 Å². The molecule has 2 aliphatic rings. The van der Waals surface area contributed by atoms with Crippen LogP contribution in [0.2, 0.25) is 0 Å². The van der Waals surface area contributed by atoms with Crippen LogP contribution in [-0.4, -0.2) is 34.5 Å². The molecule has 6 nitrogen and oxygen atoms in total. The van der Waals surface area contributed by atoms with Crippen LogP contribution in [0.1, 0.15) is 35.3 Å². The van der Waals surface area contributed by atoms with Crippen LogP contribution >= 0.6 is 0 Å². The number of imide groups is 1. The Morgan fingerprint density at radius 3 is 2.44 bits per heavy atom. The number of aryl methyl sites for hydroxylation is 1. The smallest absolute Gasteiger partial charge is 0.332 e. The number of aromatic nitrogens is 1. The first-order valence-corrected chi connectivity index (χ1v) is 11.6. The minimum absolute atomic E-state index is 0.192. The van der Waals surface area contributed by atoms with E-state index in [1.807, 2.05) is 44.2 Å². The first-order valence-electron chi connectivity index (χ1n) is 11.6. The Labute approximate surface area is 197 Å². The lowest BCUT2D eigenvalue weighted by Crippen LogP contribution is -2.44. The van der Waals surface area contributed by atoms with E-state index < -0.39 is 6.04 Å². The van der Waals surface area contributed by atoms with E-state index in [0.29, 0.717) is 24.5 Å². The Kier molecular flexibility index (Phi) is 4.69. The van der Waals surface area contributed by atoms with Crippen molar-refractivity contribution >= 4 is 28.5 Å². The molecule has 34 heavy (non-hydrogen) atoms. The van der Waals surface area contributed by atoms with Crippen molar-refractivity contribution in [1.82, 2.24) is 9.88 Å². The summed E-state index contributed by atoms with van der Waals surface area (Å²) in [6.45, 7) is 4.52. The second-order valence-electron chi connectivity index (χ2n) is 8.89. The van der Waals surface area contributed by atoms with Crippen molar-refractivity contribution in [3.63, 3.8) is 0 Å². The Bertz CT molecular complexity index is 1410. The third-order valence-electron chi connectivity index (χ3n) is 6.85. The molecule has 3 aromatic carbocycles. The fourth-order valence-electron chi connectivity index (χ4n) is 5.27. The summed E-state index contributed by atoms with van der Waals surface area (Å²) in [7, 11) is 0. The van der Waals surface area contributed by atoms with Crippen molar-refractivity contribution in [3.8, 4) is 5.75 Å². The number of carbonyl (C=O) groups is 2.